The number of halogens is 3. The average molecular weight is 236 g/mol. The van der Waals surface area contributed by atoms with Crippen molar-refractivity contribution in [1.82, 2.24) is 10.3 Å². The van der Waals surface area contributed by atoms with Crippen LogP contribution in [0.5, 0.6) is 0 Å². The summed E-state index contributed by atoms with van der Waals surface area (Å²) in [5.41, 5.74) is 0. The summed E-state index contributed by atoms with van der Waals surface area (Å²) in [5, 5.41) is 2.99. The van der Waals surface area contributed by atoms with E-state index < -0.39 is 18.1 Å². The second kappa shape index (κ2) is 4.43. The minimum absolute atomic E-state index is 0.197. The quantitative estimate of drug-likeness (QED) is 0.816. The van der Waals surface area contributed by atoms with Crippen molar-refractivity contribution in [3.05, 3.63) is 29.2 Å². The summed E-state index contributed by atoms with van der Waals surface area (Å²) in [7, 11) is 0. The fourth-order valence-corrected chi connectivity index (χ4v) is 1.57. The van der Waals surface area contributed by atoms with Crippen LogP contribution in [0.2, 0.25) is 0 Å². The van der Waals surface area contributed by atoms with Crippen LogP contribution >= 0.6 is 11.3 Å². The first kappa shape index (κ1) is 11.7. The van der Waals surface area contributed by atoms with Gasteiger partial charge in [-0.25, -0.2) is 4.98 Å². The predicted molar refractivity (Wildman–Crippen MR) is 49.2 cm³/mol. The third kappa shape index (κ3) is 3.05. The van der Waals surface area contributed by atoms with E-state index in [1.807, 2.05) is 0 Å². The summed E-state index contributed by atoms with van der Waals surface area (Å²) in [4.78, 5) is 14.3. The maximum atomic E-state index is 12.5. The number of aromatic nitrogens is 1. The molecule has 0 aliphatic carbocycles. The fourth-order valence-electron chi connectivity index (χ4n) is 0.862. The van der Waals surface area contributed by atoms with Crippen LogP contribution in [-0.2, 0) is 4.79 Å². The Morgan fingerprint density at radius 3 is 2.73 bits per heavy atom. The van der Waals surface area contributed by atoms with Gasteiger partial charge in [0.05, 0.1) is 0 Å². The van der Waals surface area contributed by atoms with Crippen LogP contribution in [0.1, 0.15) is 11.0 Å². The predicted octanol–water partition coefficient (Wildman–Crippen LogP) is 2.05. The summed E-state index contributed by atoms with van der Waals surface area (Å²) < 4.78 is 37.5. The minimum atomic E-state index is -4.56. The second-order valence-corrected chi connectivity index (χ2v) is 3.48. The first-order valence-electron chi connectivity index (χ1n) is 3.84. The molecule has 1 unspecified atom stereocenters. The molecular weight excluding hydrogens is 229 g/mol. The van der Waals surface area contributed by atoms with Crippen molar-refractivity contribution in [3.63, 3.8) is 0 Å². The highest BCUT2D eigenvalue weighted by Crippen LogP contribution is 2.33. The number of hydrogen-bond acceptors (Lipinski definition) is 3. The number of thiazole rings is 1. The highest BCUT2D eigenvalue weighted by molar-refractivity contribution is 7.09. The van der Waals surface area contributed by atoms with Crippen LogP contribution in [-0.4, -0.2) is 17.1 Å². The number of hydrogen-bond donors (Lipinski definition) is 1. The van der Waals surface area contributed by atoms with E-state index in [1.165, 1.54) is 11.6 Å². The molecule has 0 saturated heterocycles. The molecule has 1 N–H and O–H groups in total. The van der Waals surface area contributed by atoms with Gasteiger partial charge in [-0.05, 0) is 6.08 Å². The molecular formula is C8H7F3N2OS. The van der Waals surface area contributed by atoms with Crippen molar-refractivity contribution in [2.75, 3.05) is 0 Å². The molecule has 0 aromatic carbocycles. The van der Waals surface area contributed by atoms with Crippen LogP contribution in [0.3, 0.4) is 0 Å². The molecule has 0 saturated carbocycles. The van der Waals surface area contributed by atoms with Gasteiger partial charge in [-0.15, -0.1) is 11.3 Å². The van der Waals surface area contributed by atoms with E-state index in [4.69, 9.17) is 0 Å². The van der Waals surface area contributed by atoms with Crippen molar-refractivity contribution in [1.29, 1.82) is 0 Å². The van der Waals surface area contributed by atoms with E-state index in [1.54, 1.807) is 5.32 Å². The van der Waals surface area contributed by atoms with Crippen LogP contribution in [0.25, 0.3) is 0 Å². The topological polar surface area (TPSA) is 42.0 Å². The Balaban J connectivity index is 2.89. The van der Waals surface area contributed by atoms with Crippen LogP contribution in [0.4, 0.5) is 13.2 Å². The van der Waals surface area contributed by atoms with E-state index in [0.717, 1.165) is 17.4 Å². The Labute approximate surface area is 87.6 Å². The molecule has 1 atom stereocenters. The van der Waals surface area contributed by atoms with E-state index in [-0.39, 0.29) is 5.01 Å². The maximum Gasteiger partial charge on any atom is 0.415 e. The van der Waals surface area contributed by atoms with Crippen LogP contribution < -0.4 is 5.32 Å². The van der Waals surface area contributed by atoms with Crippen molar-refractivity contribution >= 4 is 17.2 Å². The molecule has 1 aromatic heterocycles. The molecule has 3 nitrogen and oxygen atoms in total. The third-order valence-corrected chi connectivity index (χ3v) is 2.34. The number of carbonyl (C=O) groups excluding carboxylic acids is 1. The lowest BCUT2D eigenvalue weighted by Gasteiger charge is -2.18. The molecule has 1 amide bonds. The highest BCUT2D eigenvalue weighted by Gasteiger charge is 2.43. The molecule has 1 heterocycles. The number of rotatable bonds is 3. The second-order valence-electron chi connectivity index (χ2n) is 2.56. The van der Waals surface area contributed by atoms with Crippen LogP contribution in [0.15, 0.2) is 24.2 Å². The lowest BCUT2D eigenvalue weighted by atomic mass is 10.3. The first-order chi connectivity index (χ1) is 6.95. The Hall–Kier alpha value is -1.37. The van der Waals surface area contributed by atoms with Crippen molar-refractivity contribution in [2.24, 2.45) is 0 Å². The normalized spacial score (nSPS) is 13.3. The smallest absolute Gasteiger partial charge is 0.335 e. The summed E-state index contributed by atoms with van der Waals surface area (Å²) in [6, 6.07) is -2.07. The van der Waals surface area contributed by atoms with Gasteiger partial charge in [0.25, 0.3) is 0 Å². The lowest BCUT2D eigenvalue weighted by Crippen LogP contribution is -2.37. The standard InChI is InChI=1S/C8H7F3N2OS/c1-2-5(14)13-6(8(9,10)11)7-12-3-4-15-7/h2-4,6H,1H2,(H,13,14). The number of nitrogens with one attached hydrogen (secondary N) is 1. The van der Waals surface area contributed by atoms with Crippen molar-refractivity contribution in [2.45, 2.75) is 12.2 Å². The Bertz CT molecular complexity index is 347. The Morgan fingerprint density at radius 1 is 1.67 bits per heavy atom. The number of carbonyl (C=O) groups is 1. The Morgan fingerprint density at radius 2 is 2.33 bits per heavy atom. The van der Waals surface area contributed by atoms with Gasteiger partial charge in [-0.1, -0.05) is 6.58 Å². The molecule has 0 radical (unpaired) electrons. The van der Waals surface area contributed by atoms with E-state index in [2.05, 4.69) is 11.6 Å². The van der Waals surface area contributed by atoms with Gasteiger partial charge in [0.1, 0.15) is 5.01 Å². The summed E-state index contributed by atoms with van der Waals surface area (Å²) >= 11 is 0.830. The van der Waals surface area contributed by atoms with Gasteiger partial charge in [0, 0.05) is 11.6 Å². The lowest BCUT2D eigenvalue weighted by molar-refractivity contribution is -0.162. The molecule has 0 aliphatic rings. The molecule has 0 aliphatic heterocycles. The number of alkyl halides is 3. The molecule has 1 rings (SSSR count). The van der Waals surface area contributed by atoms with Gasteiger partial charge < -0.3 is 5.32 Å². The largest absolute Gasteiger partial charge is 0.415 e. The highest BCUT2D eigenvalue weighted by atomic mass is 32.1. The summed E-state index contributed by atoms with van der Waals surface area (Å²) in [6.07, 6.45) is -2.53. The van der Waals surface area contributed by atoms with Crippen molar-refractivity contribution < 1.29 is 18.0 Å². The van der Waals surface area contributed by atoms with E-state index >= 15 is 0 Å². The summed E-state index contributed by atoms with van der Waals surface area (Å²) in [5.74, 6) is -0.882. The van der Waals surface area contributed by atoms with Gasteiger partial charge in [-0.2, -0.15) is 13.2 Å². The molecule has 0 spiro atoms. The maximum absolute atomic E-state index is 12.5. The third-order valence-electron chi connectivity index (χ3n) is 1.50. The van der Waals surface area contributed by atoms with E-state index in [9.17, 15) is 18.0 Å². The zero-order chi connectivity index (χ0) is 11.5. The summed E-state index contributed by atoms with van der Waals surface area (Å²) in [6.45, 7) is 3.08. The molecule has 15 heavy (non-hydrogen) atoms. The molecule has 0 fully saturated rings. The molecule has 7 heteroatoms. The van der Waals surface area contributed by atoms with E-state index in [0.29, 0.717) is 0 Å². The zero-order valence-electron chi connectivity index (χ0n) is 7.41. The van der Waals surface area contributed by atoms with Gasteiger partial charge in [-0.3, -0.25) is 4.79 Å². The number of nitrogens with zero attached hydrogens (tertiary/aromatic N) is 1. The average Bonchev–Trinajstić information content (AvgIpc) is 2.64. The Kier molecular flexibility index (Phi) is 3.46. The SMILES string of the molecule is C=CC(=O)NC(c1nccs1)C(F)(F)F. The monoisotopic (exact) mass is 236 g/mol. The van der Waals surface area contributed by atoms with Gasteiger partial charge in [0.15, 0.2) is 6.04 Å². The van der Waals surface area contributed by atoms with Gasteiger partial charge in [0.2, 0.25) is 5.91 Å². The van der Waals surface area contributed by atoms with Crippen molar-refractivity contribution in [3.8, 4) is 0 Å². The number of amides is 1. The van der Waals surface area contributed by atoms with Crippen LogP contribution in [0, 0.1) is 0 Å². The first-order valence-corrected chi connectivity index (χ1v) is 4.72. The molecule has 82 valence electrons. The van der Waals surface area contributed by atoms with Gasteiger partial charge >= 0.3 is 6.18 Å². The minimum Gasteiger partial charge on any atom is -0.335 e. The molecule has 0 bridgehead atoms. The fraction of sp³-hybridized carbons (Fsp3) is 0.250. The molecule has 1 aromatic rings. The zero-order valence-corrected chi connectivity index (χ0v) is 8.23.